The Labute approximate surface area is 204 Å². The Kier molecular flexibility index (Phi) is 4.92. The number of nitrogens with zero attached hydrogens (tertiary/aromatic N) is 5. The number of nitriles is 1. The number of likely N-dealkylation sites (tertiary alicyclic amines) is 1. The molecule has 2 fully saturated rings. The maximum absolute atomic E-state index is 15.5. The second kappa shape index (κ2) is 7.80. The average molecular weight is 473 g/mol. The molecule has 1 aromatic carbocycles. The fourth-order valence-electron chi connectivity index (χ4n) is 6.00. The van der Waals surface area contributed by atoms with Crippen molar-refractivity contribution < 1.29 is 9.50 Å². The van der Waals surface area contributed by atoms with Crippen molar-refractivity contribution in [3.05, 3.63) is 70.5 Å². The lowest BCUT2D eigenvalue weighted by Gasteiger charge is -2.42. The van der Waals surface area contributed by atoms with Gasteiger partial charge >= 0.3 is 0 Å². The third-order valence-electron chi connectivity index (χ3n) is 7.98. The number of anilines is 1. The number of piperazine rings is 1. The van der Waals surface area contributed by atoms with Gasteiger partial charge in [-0.1, -0.05) is 0 Å². The van der Waals surface area contributed by atoms with Gasteiger partial charge < -0.3 is 25.5 Å². The minimum absolute atomic E-state index is 0.166. The van der Waals surface area contributed by atoms with Gasteiger partial charge in [-0.2, -0.15) is 5.26 Å². The summed E-state index contributed by atoms with van der Waals surface area (Å²) in [6.07, 6.45) is 3.94. The molecule has 3 aliphatic heterocycles. The lowest BCUT2D eigenvalue weighted by molar-refractivity contribution is 0.0589. The van der Waals surface area contributed by atoms with Gasteiger partial charge in [0.1, 0.15) is 11.9 Å². The molecule has 0 bridgehead atoms. The first-order valence-electron chi connectivity index (χ1n) is 12.1. The van der Waals surface area contributed by atoms with E-state index < -0.39 is 11.6 Å². The summed E-state index contributed by atoms with van der Waals surface area (Å²) < 4.78 is 15.5. The number of aromatic nitrogens is 1. The second-order valence-electron chi connectivity index (χ2n) is 10.4. The number of hydrogen-bond acceptors (Lipinski definition) is 7. The first-order valence-corrected chi connectivity index (χ1v) is 12.1. The standard InChI is InChI=1S/C27H29FN6O/c1-16-11-32(22-6-5-17(10-29)26-19(22)4-3-7-31-26)13-24-20-9-21(28)23(8-18(20)12-34(16)24)33-14-25(30)27(2,35)15-33/h3-8,16,25,35H,9,11-15,30H2,1-2H3/t16-,25-,27-/m1/s1. The molecule has 0 amide bonds. The van der Waals surface area contributed by atoms with Gasteiger partial charge in [-0.15, -0.1) is 0 Å². The van der Waals surface area contributed by atoms with Crippen LogP contribution in [0, 0.1) is 11.3 Å². The molecule has 35 heavy (non-hydrogen) atoms. The van der Waals surface area contributed by atoms with Crippen molar-refractivity contribution in [1.29, 1.82) is 5.26 Å². The van der Waals surface area contributed by atoms with Gasteiger partial charge in [-0.25, -0.2) is 4.39 Å². The maximum Gasteiger partial charge on any atom is 0.128 e. The van der Waals surface area contributed by atoms with E-state index in [4.69, 9.17) is 5.73 Å². The van der Waals surface area contributed by atoms with Crippen molar-refractivity contribution in [2.24, 2.45) is 5.73 Å². The molecule has 0 unspecified atom stereocenters. The summed E-state index contributed by atoms with van der Waals surface area (Å²) in [5.74, 6) is -0.166. The smallest absolute Gasteiger partial charge is 0.128 e. The van der Waals surface area contributed by atoms with Crippen LogP contribution in [0.1, 0.15) is 25.8 Å². The Morgan fingerprint density at radius 3 is 2.80 bits per heavy atom. The largest absolute Gasteiger partial charge is 0.387 e. The zero-order valence-corrected chi connectivity index (χ0v) is 20.0. The summed E-state index contributed by atoms with van der Waals surface area (Å²) in [4.78, 5) is 11.1. The maximum atomic E-state index is 15.5. The third-order valence-corrected chi connectivity index (χ3v) is 7.98. The number of fused-ring (bicyclic) bond motifs is 3. The molecule has 0 spiro atoms. The normalized spacial score (nSPS) is 28.5. The molecule has 180 valence electrons. The van der Waals surface area contributed by atoms with E-state index in [1.165, 1.54) is 0 Å². The fourth-order valence-corrected chi connectivity index (χ4v) is 6.00. The number of halogens is 1. The van der Waals surface area contributed by atoms with Crippen LogP contribution < -0.4 is 10.6 Å². The van der Waals surface area contributed by atoms with Crippen molar-refractivity contribution in [1.82, 2.24) is 14.8 Å². The van der Waals surface area contributed by atoms with E-state index in [0.29, 0.717) is 36.4 Å². The molecule has 3 N–H and O–H groups in total. The van der Waals surface area contributed by atoms with Gasteiger partial charge in [0.2, 0.25) is 0 Å². The molecule has 2 aromatic rings. The number of hydrogen-bond donors (Lipinski definition) is 2. The molecule has 4 heterocycles. The summed E-state index contributed by atoms with van der Waals surface area (Å²) in [6, 6.07) is 9.84. The highest BCUT2D eigenvalue weighted by Gasteiger charge is 2.43. The van der Waals surface area contributed by atoms with Gasteiger partial charge in [-0.05, 0) is 55.3 Å². The predicted molar refractivity (Wildman–Crippen MR) is 133 cm³/mol. The summed E-state index contributed by atoms with van der Waals surface area (Å²) in [5.41, 5.74) is 11.3. The number of nitrogens with two attached hydrogens (primary N) is 1. The van der Waals surface area contributed by atoms with Gasteiger partial charge in [0.25, 0.3) is 0 Å². The van der Waals surface area contributed by atoms with Crippen LogP contribution in [0.2, 0.25) is 0 Å². The number of allylic oxidation sites excluding steroid dienone is 2. The lowest BCUT2D eigenvalue weighted by Crippen LogP contribution is -2.49. The highest BCUT2D eigenvalue weighted by molar-refractivity contribution is 5.95. The topological polar surface area (TPSA) is 92.7 Å². The molecule has 4 aliphatic rings. The molecule has 0 saturated carbocycles. The fraction of sp³-hybridized carbons (Fsp3) is 0.407. The first kappa shape index (κ1) is 22.1. The minimum atomic E-state index is -1.02. The van der Waals surface area contributed by atoms with Gasteiger partial charge in [0.15, 0.2) is 0 Å². The van der Waals surface area contributed by atoms with Crippen LogP contribution in [0.4, 0.5) is 10.1 Å². The number of rotatable bonds is 2. The summed E-state index contributed by atoms with van der Waals surface area (Å²) in [5, 5.41) is 21.0. The third kappa shape index (κ3) is 3.41. The lowest BCUT2D eigenvalue weighted by atomic mass is 9.95. The van der Waals surface area contributed by atoms with Crippen LogP contribution in [0.5, 0.6) is 0 Å². The van der Waals surface area contributed by atoms with E-state index in [1.54, 1.807) is 13.1 Å². The molecular formula is C27H29FN6O. The van der Waals surface area contributed by atoms with Crippen LogP contribution in [0.25, 0.3) is 10.9 Å². The van der Waals surface area contributed by atoms with E-state index in [2.05, 4.69) is 27.8 Å². The molecule has 7 nitrogen and oxygen atoms in total. The van der Waals surface area contributed by atoms with Gasteiger partial charge in [-0.3, -0.25) is 4.98 Å². The summed E-state index contributed by atoms with van der Waals surface area (Å²) in [6.45, 7) is 6.97. The Bertz CT molecular complexity index is 1370. The van der Waals surface area contributed by atoms with E-state index in [1.807, 2.05) is 35.2 Å². The monoisotopic (exact) mass is 472 g/mol. The highest BCUT2D eigenvalue weighted by Crippen LogP contribution is 2.43. The highest BCUT2D eigenvalue weighted by atomic mass is 19.1. The Balaban J connectivity index is 1.34. The van der Waals surface area contributed by atoms with Crippen LogP contribution in [-0.2, 0) is 0 Å². The van der Waals surface area contributed by atoms with E-state index >= 15 is 4.39 Å². The molecule has 3 atom stereocenters. The van der Waals surface area contributed by atoms with Crippen LogP contribution >= 0.6 is 0 Å². The first-order chi connectivity index (χ1) is 16.8. The second-order valence-corrected chi connectivity index (χ2v) is 10.4. The van der Waals surface area contributed by atoms with Gasteiger partial charge in [0, 0.05) is 61.6 Å². The number of pyridine rings is 1. The Hall–Kier alpha value is -3.41. The zero-order valence-electron chi connectivity index (χ0n) is 20.0. The molecule has 6 rings (SSSR count). The summed E-state index contributed by atoms with van der Waals surface area (Å²) >= 11 is 0. The minimum Gasteiger partial charge on any atom is -0.387 e. The van der Waals surface area contributed by atoms with Crippen molar-refractivity contribution in [2.75, 3.05) is 37.6 Å². The molecule has 1 aromatic heterocycles. The van der Waals surface area contributed by atoms with Gasteiger partial charge in [0.05, 0.1) is 35.0 Å². The molecule has 0 radical (unpaired) electrons. The quantitative estimate of drug-likeness (QED) is 0.694. The van der Waals surface area contributed by atoms with E-state index in [0.717, 1.165) is 41.0 Å². The molecule has 1 aliphatic carbocycles. The number of β-amino-alcohol motifs (C(OH)–C–C–N with tert-alkyl or cyclic N) is 1. The van der Waals surface area contributed by atoms with Crippen molar-refractivity contribution in [3.63, 3.8) is 0 Å². The van der Waals surface area contributed by atoms with Crippen LogP contribution in [-0.4, -0.2) is 70.3 Å². The molecular weight excluding hydrogens is 443 g/mol. The van der Waals surface area contributed by atoms with Crippen molar-refractivity contribution in [2.45, 2.75) is 38.0 Å². The number of benzene rings is 1. The van der Waals surface area contributed by atoms with E-state index in [9.17, 15) is 10.4 Å². The Morgan fingerprint density at radius 1 is 1.23 bits per heavy atom. The van der Waals surface area contributed by atoms with Crippen molar-refractivity contribution >= 4 is 16.6 Å². The zero-order chi connectivity index (χ0) is 24.5. The average Bonchev–Trinajstić information content (AvgIpc) is 3.33. The predicted octanol–water partition coefficient (Wildman–Crippen LogP) is 2.79. The molecule has 2 saturated heterocycles. The van der Waals surface area contributed by atoms with Crippen LogP contribution in [0.3, 0.4) is 0 Å². The Morgan fingerprint density at radius 2 is 2.06 bits per heavy atom. The number of aliphatic hydroxyl groups is 1. The molecule has 8 heteroatoms. The van der Waals surface area contributed by atoms with Crippen LogP contribution in [0.15, 0.2) is 64.9 Å². The SMILES string of the molecule is C[C@@H]1CN(c2ccc(C#N)c3ncccc23)CC2=C3CC(F)=C(N4C[C@@H](N)[C@](C)(O)C4)C=C3CN21. The van der Waals surface area contributed by atoms with E-state index in [-0.39, 0.29) is 18.3 Å². The van der Waals surface area contributed by atoms with Crippen molar-refractivity contribution in [3.8, 4) is 6.07 Å². The summed E-state index contributed by atoms with van der Waals surface area (Å²) in [7, 11) is 0.